The van der Waals surface area contributed by atoms with Crippen LogP contribution in [0.25, 0.3) is 22.2 Å². The van der Waals surface area contributed by atoms with Crippen LogP contribution >= 0.6 is 0 Å². The molecule has 2 aromatic carbocycles. The van der Waals surface area contributed by atoms with Gasteiger partial charge in [0.15, 0.2) is 0 Å². The molecular formula is C24H27N3O2. The second-order valence-electron chi connectivity index (χ2n) is 7.46. The summed E-state index contributed by atoms with van der Waals surface area (Å²) in [6.45, 7) is 3.82. The predicted octanol–water partition coefficient (Wildman–Crippen LogP) is 4.13. The van der Waals surface area contributed by atoms with Gasteiger partial charge in [0.25, 0.3) is 5.91 Å². The molecule has 0 unspecified atom stereocenters. The summed E-state index contributed by atoms with van der Waals surface area (Å²) in [6.07, 6.45) is 3.83. The lowest BCUT2D eigenvalue weighted by molar-refractivity contribution is 0.0948. The number of amides is 1. The molecule has 0 aliphatic carbocycles. The number of aromatic nitrogens is 1. The zero-order chi connectivity index (χ0) is 20.1. The van der Waals surface area contributed by atoms with Crippen LogP contribution in [-0.4, -0.2) is 49.1 Å². The van der Waals surface area contributed by atoms with Gasteiger partial charge in [-0.15, -0.1) is 0 Å². The van der Waals surface area contributed by atoms with Crippen molar-refractivity contribution in [1.82, 2.24) is 15.2 Å². The second-order valence-corrected chi connectivity index (χ2v) is 7.46. The summed E-state index contributed by atoms with van der Waals surface area (Å²) in [5.41, 5.74) is 3.17. The number of nitrogens with one attached hydrogen (secondary N) is 1. The highest BCUT2D eigenvalue weighted by Gasteiger charge is 2.15. The van der Waals surface area contributed by atoms with Gasteiger partial charge in [0.1, 0.15) is 5.75 Å². The first kappa shape index (κ1) is 19.4. The molecule has 5 nitrogen and oxygen atoms in total. The van der Waals surface area contributed by atoms with E-state index < -0.39 is 0 Å². The van der Waals surface area contributed by atoms with Crippen molar-refractivity contribution >= 4 is 16.8 Å². The Balaban J connectivity index is 1.59. The number of carbonyl (C=O) groups is 1. The Morgan fingerprint density at radius 3 is 2.72 bits per heavy atom. The molecule has 1 fully saturated rings. The molecule has 1 saturated heterocycles. The molecule has 150 valence electrons. The number of benzene rings is 2. The smallest absolute Gasteiger partial charge is 0.252 e. The van der Waals surface area contributed by atoms with Gasteiger partial charge in [-0.1, -0.05) is 36.8 Å². The molecule has 1 amide bonds. The third-order valence-electron chi connectivity index (χ3n) is 5.49. The molecule has 3 aromatic rings. The van der Waals surface area contributed by atoms with Crippen LogP contribution in [0.15, 0.2) is 54.6 Å². The van der Waals surface area contributed by atoms with E-state index in [4.69, 9.17) is 9.72 Å². The molecule has 0 saturated carbocycles. The number of carbonyl (C=O) groups excluding carboxylic acids is 1. The van der Waals surface area contributed by atoms with Gasteiger partial charge >= 0.3 is 0 Å². The van der Waals surface area contributed by atoms with Crippen molar-refractivity contribution in [2.24, 2.45) is 0 Å². The van der Waals surface area contributed by atoms with Crippen LogP contribution in [0.1, 0.15) is 29.6 Å². The van der Waals surface area contributed by atoms with Crippen LogP contribution in [0.5, 0.6) is 5.75 Å². The Hall–Kier alpha value is -2.92. The number of hydrogen-bond donors (Lipinski definition) is 1. The van der Waals surface area contributed by atoms with E-state index in [9.17, 15) is 4.79 Å². The van der Waals surface area contributed by atoms with Gasteiger partial charge in [-0.25, -0.2) is 4.98 Å². The standard InChI is InChI=1S/C24H27N3O2/c1-29-19-9-7-8-18(16-19)23-17-21(20-10-3-4-11-22(20)26-23)24(28)25-12-15-27-13-5-2-6-14-27/h3-4,7-11,16-17H,2,5-6,12-15H2,1H3,(H,25,28). The van der Waals surface area contributed by atoms with E-state index in [1.807, 2.05) is 54.6 Å². The summed E-state index contributed by atoms with van der Waals surface area (Å²) in [5.74, 6) is 0.717. The summed E-state index contributed by atoms with van der Waals surface area (Å²) < 4.78 is 5.34. The first-order valence-electron chi connectivity index (χ1n) is 10.3. The first-order chi connectivity index (χ1) is 14.2. The minimum Gasteiger partial charge on any atom is -0.497 e. The van der Waals surface area contributed by atoms with Crippen molar-refractivity contribution in [3.63, 3.8) is 0 Å². The van der Waals surface area contributed by atoms with Crippen molar-refractivity contribution in [2.75, 3.05) is 33.3 Å². The molecule has 29 heavy (non-hydrogen) atoms. The maximum absolute atomic E-state index is 13.0. The molecule has 0 atom stereocenters. The fraction of sp³-hybridized carbons (Fsp3) is 0.333. The number of fused-ring (bicyclic) bond motifs is 1. The van der Waals surface area contributed by atoms with Gasteiger partial charge < -0.3 is 15.0 Å². The number of rotatable bonds is 6. The van der Waals surface area contributed by atoms with Gasteiger partial charge in [0.05, 0.1) is 23.9 Å². The third kappa shape index (κ3) is 4.57. The van der Waals surface area contributed by atoms with Crippen LogP contribution in [0.2, 0.25) is 0 Å². The summed E-state index contributed by atoms with van der Waals surface area (Å²) in [4.78, 5) is 20.2. The molecule has 2 heterocycles. The van der Waals surface area contributed by atoms with Crippen LogP contribution in [-0.2, 0) is 0 Å². The van der Waals surface area contributed by atoms with E-state index in [1.54, 1.807) is 7.11 Å². The fourth-order valence-electron chi connectivity index (χ4n) is 3.90. The van der Waals surface area contributed by atoms with Crippen LogP contribution < -0.4 is 10.1 Å². The van der Waals surface area contributed by atoms with E-state index in [2.05, 4.69) is 10.2 Å². The lowest BCUT2D eigenvalue weighted by Crippen LogP contribution is -2.37. The predicted molar refractivity (Wildman–Crippen MR) is 116 cm³/mol. The average molecular weight is 389 g/mol. The maximum atomic E-state index is 13.0. The highest BCUT2D eigenvalue weighted by Crippen LogP contribution is 2.27. The van der Waals surface area contributed by atoms with Gasteiger partial charge in [-0.2, -0.15) is 0 Å². The van der Waals surface area contributed by atoms with Gasteiger partial charge in [0.2, 0.25) is 0 Å². The number of para-hydroxylation sites is 1. The van der Waals surface area contributed by atoms with Crippen LogP contribution in [0, 0.1) is 0 Å². The second kappa shape index (κ2) is 9.05. The molecule has 1 aliphatic heterocycles. The Kier molecular flexibility index (Phi) is 6.06. The quantitative estimate of drug-likeness (QED) is 0.689. The van der Waals surface area contributed by atoms with E-state index in [0.717, 1.165) is 47.5 Å². The molecule has 1 aliphatic rings. The maximum Gasteiger partial charge on any atom is 0.252 e. The van der Waals surface area contributed by atoms with E-state index in [1.165, 1.54) is 19.3 Å². The Morgan fingerprint density at radius 2 is 1.90 bits per heavy atom. The SMILES string of the molecule is COc1cccc(-c2cc(C(=O)NCCN3CCCCC3)c3ccccc3n2)c1. The highest BCUT2D eigenvalue weighted by molar-refractivity contribution is 6.07. The summed E-state index contributed by atoms with van der Waals surface area (Å²) in [6, 6.07) is 17.4. The minimum absolute atomic E-state index is 0.0512. The summed E-state index contributed by atoms with van der Waals surface area (Å²) in [7, 11) is 1.65. The zero-order valence-corrected chi connectivity index (χ0v) is 16.9. The first-order valence-corrected chi connectivity index (χ1v) is 10.3. The zero-order valence-electron chi connectivity index (χ0n) is 16.9. The number of methoxy groups -OCH3 is 1. The third-order valence-corrected chi connectivity index (χ3v) is 5.49. The van der Waals surface area contributed by atoms with E-state index >= 15 is 0 Å². The Morgan fingerprint density at radius 1 is 1.07 bits per heavy atom. The lowest BCUT2D eigenvalue weighted by atomic mass is 10.0. The Bertz CT molecular complexity index is 996. The van der Waals surface area contributed by atoms with Gasteiger partial charge in [-0.3, -0.25) is 4.79 Å². The largest absolute Gasteiger partial charge is 0.497 e. The van der Waals surface area contributed by atoms with Gasteiger partial charge in [-0.05, 0) is 50.2 Å². The van der Waals surface area contributed by atoms with E-state index in [-0.39, 0.29) is 5.91 Å². The molecule has 1 N–H and O–H groups in total. The summed E-state index contributed by atoms with van der Waals surface area (Å²) in [5, 5.41) is 3.98. The highest BCUT2D eigenvalue weighted by atomic mass is 16.5. The van der Waals surface area contributed by atoms with Crippen molar-refractivity contribution < 1.29 is 9.53 Å². The fourth-order valence-corrected chi connectivity index (χ4v) is 3.90. The molecule has 5 heteroatoms. The summed E-state index contributed by atoms with van der Waals surface area (Å²) >= 11 is 0. The van der Waals surface area contributed by atoms with Crippen molar-refractivity contribution in [1.29, 1.82) is 0 Å². The monoisotopic (exact) mass is 389 g/mol. The number of likely N-dealkylation sites (tertiary alicyclic amines) is 1. The average Bonchev–Trinajstić information content (AvgIpc) is 2.79. The number of hydrogen-bond acceptors (Lipinski definition) is 4. The van der Waals surface area contributed by atoms with Crippen molar-refractivity contribution in [3.8, 4) is 17.0 Å². The molecular weight excluding hydrogens is 362 g/mol. The number of piperidine rings is 1. The number of pyridine rings is 1. The number of ether oxygens (including phenoxy) is 1. The normalized spacial score (nSPS) is 14.7. The van der Waals surface area contributed by atoms with E-state index in [0.29, 0.717) is 12.1 Å². The molecule has 1 aromatic heterocycles. The lowest BCUT2D eigenvalue weighted by Gasteiger charge is -2.26. The van der Waals surface area contributed by atoms with Crippen LogP contribution in [0.3, 0.4) is 0 Å². The van der Waals surface area contributed by atoms with Crippen LogP contribution in [0.4, 0.5) is 0 Å². The van der Waals surface area contributed by atoms with Gasteiger partial charge in [0, 0.05) is 24.0 Å². The molecule has 0 spiro atoms. The molecule has 0 radical (unpaired) electrons. The Labute approximate surface area is 171 Å². The minimum atomic E-state index is -0.0512. The molecule has 0 bridgehead atoms. The number of nitrogens with zero attached hydrogens (tertiary/aromatic N) is 2. The van der Waals surface area contributed by atoms with Crippen molar-refractivity contribution in [3.05, 3.63) is 60.2 Å². The topological polar surface area (TPSA) is 54.5 Å². The van der Waals surface area contributed by atoms with Crippen molar-refractivity contribution in [2.45, 2.75) is 19.3 Å². The molecule has 4 rings (SSSR count).